The molecule has 3 heterocycles. The third kappa shape index (κ3) is 6.02. The molecule has 1 aromatic heterocycles. The molecule has 2 saturated heterocycles. The number of rotatable bonds is 6. The summed E-state index contributed by atoms with van der Waals surface area (Å²) in [5, 5.41) is 3.30. The number of carbonyl (C=O) groups excluding carboxylic acids is 1. The SMILES string of the molecule is O=C(NCC1CCCCC1)[C@@H]1CCCN(C2CCN(Cc3cccnc3)CC2)C1. The summed E-state index contributed by atoms with van der Waals surface area (Å²) >= 11 is 0. The van der Waals surface area contributed by atoms with Crippen LogP contribution in [0.25, 0.3) is 0 Å². The largest absolute Gasteiger partial charge is 0.356 e. The first-order valence-corrected chi connectivity index (χ1v) is 11.9. The Hall–Kier alpha value is -1.46. The molecular weight excluding hydrogens is 360 g/mol. The number of nitrogens with zero attached hydrogens (tertiary/aromatic N) is 3. The Morgan fingerprint density at radius 1 is 1.03 bits per heavy atom. The third-order valence-electron chi connectivity index (χ3n) is 7.32. The van der Waals surface area contributed by atoms with Crippen LogP contribution in [0.1, 0.15) is 63.4 Å². The molecule has 2 aliphatic heterocycles. The molecule has 0 radical (unpaired) electrons. The van der Waals surface area contributed by atoms with Crippen LogP contribution in [0.4, 0.5) is 0 Å². The highest BCUT2D eigenvalue weighted by Gasteiger charge is 2.31. The van der Waals surface area contributed by atoms with E-state index in [0.717, 1.165) is 51.5 Å². The van der Waals surface area contributed by atoms with Crippen LogP contribution >= 0.6 is 0 Å². The molecule has 160 valence electrons. The Labute approximate surface area is 176 Å². The summed E-state index contributed by atoms with van der Waals surface area (Å²) in [6, 6.07) is 4.84. The lowest BCUT2D eigenvalue weighted by atomic mass is 9.89. The van der Waals surface area contributed by atoms with Crippen LogP contribution in [0.5, 0.6) is 0 Å². The van der Waals surface area contributed by atoms with Crippen LogP contribution in [0.2, 0.25) is 0 Å². The van der Waals surface area contributed by atoms with Gasteiger partial charge in [0.05, 0.1) is 5.92 Å². The number of hydrogen-bond donors (Lipinski definition) is 1. The van der Waals surface area contributed by atoms with E-state index in [1.165, 1.54) is 57.1 Å². The Bertz CT molecular complexity index is 623. The van der Waals surface area contributed by atoms with Gasteiger partial charge in [-0.25, -0.2) is 0 Å². The lowest BCUT2D eigenvalue weighted by molar-refractivity contribution is -0.127. The lowest BCUT2D eigenvalue weighted by Gasteiger charge is -2.42. The van der Waals surface area contributed by atoms with Crippen molar-refractivity contribution in [1.82, 2.24) is 20.1 Å². The first kappa shape index (κ1) is 20.8. The average molecular weight is 399 g/mol. The van der Waals surface area contributed by atoms with Crippen LogP contribution in [0.3, 0.4) is 0 Å². The van der Waals surface area contributed by atoms with Gasteiger partial charge in [-0.05, 0) is 75.7 Å². The fourth-order valence-corrected chi connectivity index (χ4v) is 5.53. The van der Waals surface area contributed by atoms with Crippen molar-refractivity contribution >= 4 is 5.91 Å². The molecular formula is C24H38N4O. The summed E-state index contributed by atoms with van der Waals surface area (Å²) in [5.41, 5.74) is 1.30. The van der Waals surface area contributed by atoms with E-state index in [1.807, 2.05) is 18.5 Å². The Morgan fingerprint density at radius 2 is 1.86 bits per heavy atom. The molecule has 5 heteroatoms. The molecule has 29 heavy (non-hydrogen) atoms. The summed E-state index contributed by atoms with van der Waals surface area (Å²) in [5.74, 6) is 1.23. The molecule has 1 atom stereocenters. The van der Waals surface area contributed by atoms with E-state index in [1.54, 1.807) is 0 Å². The standard InChI is InChI=1S/C24H38N4O/c29-24(26-17-20-6-2-1-3-7-20)22-9-5-13-28(19-22)23-10-14-27(15-11-23)18-21-8-4-12-25-16-21/h4,8,12,16,20,22-23H,1-3,5-7,9-11,13-15,17-19H2,(H,26,29)/t22-/m1/s1. The van der Waals surface area contributed by atoms with E-state index in [9.17, 15) is 4.79 Å². The Morgan fingerprint density at radius 3 is 2.62 bits per heavy atom. The summed E-state index contributed by atoms with van der Waals surface area (Å²) in [4.78, 5) is 22.2. The number of hydrogen-bond acceptors (Lipinski definition) is 4. The van der Waals surface area contributed by atoms with Gasteiger partial charge in [-0.3, -0.25) is 19.6 Å². The minimum atomic E-state index is 0.195. The van der Waals surface area contributed by atoms with Crippen molar-refractivity contribution in [1.29, 1.82) is 0 Å². The van der Waals surface area contributed by atoms with Gasteiger partial charge in [-0.2, -0.15) is 0 Å². The molecule has 1 amide bonds. The number of likely N-dealkylation sites (tertiary alicyclic amines) is 2. The maximum Gasteiger partial charge on any atom is 0.224 e. The molecule has 1 aromatic rings. The third-order valence-corrected chi connectivity index (χ3v) is 7.32. The zero-order valence-corrected chi connectivity index (χ0v) is 17.9. The minimum Gasteiger partial charge on any atom is -0.356 e. The zero-order valence-electron chi connectivity index (χ0n) is 17.9. The van der Waals surface area contributed by atoms with Gasteiger partial charge in [-0.15, -0.1) is 0 Å². The fourth-order valence-electron chi connectivity index (χ4n) is 5.53. The van der Waals surface area contributed by atoms with E-state index >= 15 is 0 Å². The van der Waals surface area contributed by atoms with Gasteiger partial charge >= 0.3 is 0 Å². The highest BCUT2D eigenvalue weighted by atomic mass is 16.1. The number of carbonyl (C=O) groups is 1. The number of amides is 1. The van der Waals surface area contributed by atoms with Gasteiger partial charge in [-0.1, -0.05) is 25.3 Å². The Kier molecular flexibility index (Phi) is 7.55. The minimum absolute atomic E-state index is 0.195. The number of nitrogens with one attached hydrogen (secondary N) is 1. The first-order valence-electron chi connectivity index (χ1n) is 11.9. The molecule has 0 bridgehead atoms. The monoisotopic (exact) mass is 398 g/mol. The predicted octanol–water partition coefficient (Wildman–Crippen LogP) is 3.45. The normalized spacial score (nSPS) is 25.7. The van der Waals surface area contributed by atoms with Crippen molar-refractivity contribution in [2.75, 3.05) is 32.7 Å². The maximum absolute atomic E-state index is 12.8. The summed E-state index contributed by atoms with van der Waals surface area (Å²) in [6.07, 6.45) is 15.2. The average Bonchev–Trinajstić information content (AvgIpc) is 2.79. The van der Waals surface area contributed by atoms with E-state index in [2.05, 4.69) is 26.2 Å². The maximum atomic E-state index is 12.8. The van der Waals surface area contributed by atoms with Crippen molar-refractivity contribution in [3.05, 3.63) is 30.1 Å². The molecule has 1 N–H and O–H groups in total. The van der Waals surface area contributed by atoms with Gasteiger partial charge in [0.1, 0.15) is 0 Å². The zero-order chi connectivity index (χ0) is 19.9. The van der Waals surface area contributed by atoms with Crippen LogP contribution in [0, 0.1) is 11.8 Å². The van der Waals surface area contributed by atoms with E-state index in [4.69, 9.17) is 0 Å². The number of pyridine rings is 1. The van der Waals surface area contributed by atoms with Gasteiger partial charge in [0.25, 0.3) is 0 Å². The molecule has 1 aliphatic carbocycles. The molecule has 4 rings (SSSR count). The molecule has 5 nitrogen and oxygen atoms in total. The molecule has 0 aromatic carbocycles. The van der Waals surface area contributed by atoms with Crippen LogP contribution in [-0.2, 0) is 11.3 Å². The highest BCUT2D eigenvalue weighted by Crippen LogP contribution is 2.26. The van der Waals surface area contributed by atoms with E-state index < -0.39 is 0 Å². The van der Waals surface area contributed by atoms with Crippen LogP contribution in [0.15, 0.2) is 24.5 Å². The highest BCUT2D eigenvalue weighted by molar-refractivity contribution is 5.79. The molecule has 3 fully saturated rings. The van der Waals surface area contributed by atoms with E-state index in [0.29, 0.717) is 11.9 Å². The first-order chi connectivity index (χ1) is 14.3. The van der Waals surface area contributed by atoms with E-state index in [-0.39, 0.29) is 5.92 Å². The second-order valence-corrected chi connectivity index (χ2v) is 9.45. The predicted molar refractivity (Wildman–Crippen MR) is 116 cm³/mol. The van der Waals surface area contributed by atoms with Gasteiger partial charge in [0, 0.05) is 38.1 Å². The lowest BCUT2D eigenvalue weighted by Crippen LogP contribution is -2.51. The van der Waals surface area contributed by atoms with Gasteiger partial charge in [0.2, 0.25) is 5.91 Å². The molecule has 0 spiro atoms. The van der Waals surface area contributed by atoms with Crippen LogP contribution in [-0.4, -0.2) is 59.5 Å². The summed E-state index contributed by atoms with van der Waals surface area (Å²) < 4.78 is 0. The van der Waals surface area contributed by atoms with Crippen molar-refractivity contribution in [3.63, 3.8) is 0 Å². The van der Waals surface area contributed by atoms with Crippen LogP contribution < -0.4 is 5.32 Å². The van der Waals surface area contributed by atoms with Gasteiger partial charge < -0.3 is 5.32 Å². The van der Waals surface area contributed by atoms with Gasteiger partial charge in [0.15, 0.2) is 0 Å². The van der Waals surface area contributed by atoms with Crippen molar-refractivity contribution in [3.8, 4) is 0 Å². The molecule has 1 saturated carbocycles. The second-order valence-electron chi connectivity index (χ2n) is 9.45. The number of piperidine rings is 2. The number of aromatic nitrogens is 1. The Balaban J connectivity index is 1.20. The van der Waals surface area contributed by atoms with Crippen molar-refractivity contribution < 1.29 is 4.79 Å². The quantitative estimate of drug-likeness (QED) is 0.797. The topological polar surface area (TPSA) is 48.5 Å². The van der Waals surface area contributed by atoms with Crippen molar-refractivity contribution in [2.24, 2.45) is 11.8 Å². The molecule has 0 unspecified atom stereocenters. The fraction of sp³-hybridized carbons (Fsp3) is 0.750. The molecule has 3 aliphatic rings. The van der Waals surface area contributed by atoms with Crippen molar-refractivity contribution in [2.45, 2.75) is 70.4 Å². The summed E-state index contributed by atoms with van der Waals surface area (Å²) in [7, 11) is 0. The second kappa shape index (κ2) is 10.5. The summed E-state index contributed by atoms with van der Waals surface area (Å²) in [6.45, 7) is 6.33. The smallest absolute Gasteiger partial charge is 0.224 e.